The molecule has 0 aliphatic carbocycles. The fourth-order valence-electron chi connectivity index (χ4n) is 2.82. The van der Waals surface area contributed by atoms with Crippen LogP contribution in [0.1, 0.15) is 30.9 Å². The Morgan fingerprint density at radius 1 is 1.23 bits per heavy atom. The molecule has 0 spiro atoms. The molecule has 3 nitrogen and oxygen atoms in total. The van der Waals surface area contributed by atoms with Gasteiger partial charge >= 0.3 is 0 Å². The molecule has 2 aromatic rings. The highest BCUT2D eigenvalue weighted by molar-refractivity contribution is 7.80. The average Bonchev–Trinajstić information content (AvgIpc) is 2.58. The van der Waals surface area contributed by atoms with E-state index in [-0.39, 0.29) is 11.9 Å². The number of nitrogens with one attached hydrogen (secondary N) is 1. The van der Waals surface area contributed by atoms with E-state index in [1.54, 1.807) is 18.3 Å². The Balaban J connectivity index is 1.75. The van der Waals surface area contributed by atoms with Crippen molar-refractivity contribution in [3.05, 3.63) is 60.2 Å². The monoisotopic (exact) mass is 315 g/mol. The summed E-state index contributed by atoms with van der Waals surface area (Å²) in [6.45, 7) is 0.923. The van der Waals surface area contributed by atoms with E-state index in [2.05, 4.69) is 21.3 Å². The fourth-order valence-corrected chi connectivity index (χ4v) is 3.16. The topological polar surface area (TPSA) is 28.2 Å². The lowest BCUT2D eigenvalue weighted by Gasteiger charge is -2.37. The van der Waals surface area contributed by atoms with Gasteiger partial charge in [-0.1, -0.05) is 6.07 Å². The van der Waals surface area contributed by atoms with Crippen LogP contribution >= 0.6 is 12.2 Å². The van der Waals surface area contributed by atoms with E-state index in [4.69, 9.17) is 12.2 Å². The van der Waals surface area contributed by atoms with Crippen LogP contribution in [0.5, 0.6) is 0 Å². The Kier molecular flexibility index (Phi) is 4.63. The van der Waals surface area contributed by atoms with E-state index in [1.807, 2.05) is 12.3 Å². The number of aromatic nitrogens is 1. The van der Waals surface area contributed by atoms with Crippen molar-refractivity contribution in [2.24, 2.45) is 0 Å². The summed E-state index contributed by atoms with van der Waals surface area (Å²) >= 11 is 5.57. The number of hydrogen-bond acceptors (Lipinski definition) is 2. The largest absolute Gasteiger partial charge is 0.342 e. The molecule has 1 aromatic heterocycles. The summed E-state index contributed by atoms with van der Waals surface area (Å²) in [4.78, 5) is 6.42. The first-order chi connectivity index (χ1) is 10.7. The molecule has 22 heavy (non-hydrogen) atoms. The Morgan fingerprint density at radius 2 is 2.05 bits per heavy atom. The van der Waals surface area contributed by atoms with E-state index in [0.717, 1.165) is 25.1 Å². The molecular weight excluding hydrogens is 297 g/mol. The zero-order valence-corrected chi connectivity index (χ0v) is 13.0. The second-order valence-electron chi connectivity index (χ2n) is 5.43. The molecule has 0 radical (unpaired) electrons. The number of piperidine rings is 1. The standard InChI is InChI=1S/C17H18FN3S/c18-14-6-8-15(9-7-14)20-17(22)21-11-2-1-5-16(21)13-4-3-10-19-12-13/h3-4,6-10,12,16H,1-2,5,11H2,(H,20,22). The highest BCUT2D eigenvalue weighted by Gasteiger charge is 2.26. The van der Waals surface area contributed by atoms with Crippen LogP contribution in [-0.2, 0) is 0 Å². The third-order valence-electron chi connectivity index (χ3n) is 3.93. The van der Waals surface area contributed by atoms with Gasteiger partial charge in [-0.25, -0.2) is 4.39 Å². The molecule has 1 aliphatic heterocycles. The number of rotatable bonds is 2. The lowest BCUT2D eigenvalue weighted by molar-refractivity contribution is 0.248. The van der Waals surface area contributed by atoms with Gasteiger partial charge < -0.3 is 10.2 Å². The maximum absolute atomic E-state index is 13.0. The number of nitrogens with zero attached hydrogens (tertiary/aromatic N) is 2. The number of anilines is 1. The van der Waals surface area contributed by atoms with E-state index < -0.39 is 0 Å². The van der Waals surface area contributed by atoms with Crippen molar-refractivity contribution >= 4 is 23.0 Å². The molecule has 1 aliphatic rings. The van der Waals surface area contributed by atoms with Crippen LogP contribution < -0.4 is 5.32 Å². The lowest BCUT2D eigenvalue weighted by atomic mass is 9.97. The van der Waals surface area contributed by atoms with Gasteiger partial charge in [0.15, 0.2) is 5.11 Å². The first kappa shape index (κ1) is 14.9. The average molecular weight is 315 g/mol. The summed E-state index contributed by atoms with van der Waals surface area (Å²) in [5, 5.41) is 3.89. The Bertz CT molecular complexity index is 630. The van der Waals surface area contributed by atoms with Crippen LogP contribution in [0, 0.1) is 5.82 Å². The highest BCUT2D eigenvalue weighted by atomic mass is 32.1. The molecule has 1 atom stereocenters. The maximum Gasteiger partial charge on any atom is 0.173 e. The number of hydrogen-bond donors (Lipinski definition) is 1. The van der Waals surface area contributed by atoms with Crippen molar-refractivity contribution in [3.63, 3.8) is 0 Å². The normalized spacial score (nSPS) is 18.0. The quantitative estimate of drug-likeness (QED) is 0.843. The van der Waals surface area contributed by atoms with Crippen LogP contribution in [0.15, 0.2) is 48.8 Å². The van der Waals surface area contributed by atoms with Crippen LogP contribution in [0.25, 0.3) is 0 Å². The van der Waals surface area contributed by atoms with Gasteiger partial charge in [0.25, 0.3) is 0 Å². The first-order valence-electron chi connectivity index (χ1n) is 7.47. The van der Waals surface area contributed by atoms with Crippen molar-refractivity contribution in [2.45, 2.75) is 25.3 Å². The SMILES string of the molecule is Fc1ccc(NC(=S)N2CCCCC2c2cccnc2)cc1. The number of likely N-dealkylation sites (tertiary alicyclic amines) is 1. The second kappa shape index (κ2) is 6.83. The fraction of sp³-hybridized carbons (Fsp3) is 0.294. The minimum atomic E-state index is -0.248. The number of thiocarbonyl (C=S) groups is 1. The van der Waals surface area contributed by atoms with Gasteiger partial charge in [-0.3, -0.25) is 4.98 Å². The lowest BCUT2D eigenvalue weighted by Crippen LogP contribution is -2.41. The maximum atomic E-state index is 13.0. The smallest absolute Gasteiger partial charge is 0.173 e. The summed E-state index contributed by atoms with van der Waals surface area (Å²) in [7, 11) is 0. The van der Waals surface area contributed by atoms with Gasteiger partial charge in [0.05, 0.1) is 6.04 Å². The molecule has 5 heteroatoms. The summed E-state index contributed by atoms with van der Waals surface area (Å²) in [5.74, 6) is -0.248. The molecule has 1 N–H and O–H groups in total. The molecule has 1 saturated heterocycles. The summed E-state index contributed by atoms with van der Waals surface area (Å²) < 4.78 is 13.0. The van der Waals surface area contributed by atoms with Crippen LogP contribution in [-0.4, -0.2) is 21.5 Å². The first-order valence-corrected chi connectivity index (χ1v) is 7.88. The van der Waals surface area contributed by atoms with Gasteiger partial charge in [0.1, 0.15) is 5.82 Å². The molecular formula is C17H18FN3S. The third kappa shape index (κ3) is 3.42. The third-order valence-corrected chi connectivity index (χ3v) is 4.26. The van der Waals surface area contributed by atoms with Crippen LogP contribution in [0.3, 0.4) is 0 Å². The number of benzene rings is 1. The molecule has 1 aromatic carbocycles. The Morgan fingerprint density at radius 3 is 2.77 bits per heavy atom. The Hall–Kier alpha value is -2.01. The van der Waals surface area contributed by atoms with Gasteiger partial charge in [0, 0.05) is 24.6 Å². The molecule has 0 amide bonds. The van der Waals surface area contributed by atoms with Gasteiger partial charge in [-0.15, -0.1) is 0 Å². The van der Waals surface area contributed by atoms with Crippen molar-refractivity contribution in [2.75, 3.05) is 11.9 Å². The van der Waals surface area contributed by atoms with Gasteiger partial charge in [-0.2, -0.15) is 0 Å². The molecule has 1 unspecified atom stereocenters. The van der Waals surface area contributed by atoms with Crippen molar-refractivity contribution in [1.29, 1.82) is 0 Å². The minimum Gasteiger partial charge on any atom is -0.342 e. The van der Waals surface area contributed by atoms with E-state index in [9.17, 15) is 4.39 Å². The predicted molar refractivity (Wildman–Crippen MR) is 90.2 cm³/mol. The highest BCUT2D eigenvalue weighted by Crippen LogP contribution is 2.31. The van der Waals surface area contributed by atoms with Gasteiger partial charge in [0.2, 0.25) is 0 Å². The zero-order chi connectivity index (χ0) is 15.4. The zero-order valence-electron chi connectivity index (χ0n) is 12.2. The molecule has 1 fully saturated rings. The van der Waals surface area contributed by atoms with Crippen molar-refractivity contribution in [3.8, 4) is 0 Å². The molecule has 0 saturated carbocycles. The Labute approximate surface area is 135 Å². The van der Waals surface area contributed by atoms with Crippen molar-refractivity contribution < 1.29 is 4.39 Å². The summed E-state index contributed by atoms with van der Waals surface area (Å²) in [5.41, 5.74) is 1.99. The molecule has 2 heterocycles. The number of pyridine rings is 1. The van der Waals surface area contributed by atoms with Gasteiger partial charge in [-0.05, 0) is 67.4 Å². The van der Waals surface area contributed by atoms with Crippen LogP contribution in [0.2, 0.25) is 0 Å². The summed E-state index contributed by atoms with van der Waals surface area (Å²) in [6, 6.07) is 10.6. The molecule has 114 valence electrons. The minimum absolute atomic E-state index is 0.248. The van der Waals surface area contributed by atoms with Crippen LogP contribution in [0.4, 0.5) is 10.1 Å². The van der Waals surface area contributed by atoms with E-state index in [0.29, 0.717) is 5.11 Å². The second-order valence-corrected chi connectivity index (χ2v) is 5.82. The predicted octanol–water partition coefficient (Wildman–Crippen LogP) is 4.14. The van der Waals surface area contributed by atoms with Crippen molar-refractivity contribution in [1.82, 2.24) is 9.88 Å². The summed E-state index contributed by atoms with van der Waals surface area (Å²) in [6.07, 6.45) is 7.07. The molecule has 0 bridgehead atoms. The van der Waals surface area contributed by atoms with E-state index in [1.165, 1.54) is 24.1 Å². The number of halogens is 1. The molecule has 3 rings (SSSR count). The van der Waals surface area contributed by atoms with E-state index >= 15 is 0 Å².